The van der Waals surface area contributed by atoms with Crippen molar-refractivity contribution in [1.29, 1.82) is 0 Å². The molecule has 0 bridgehead atoms. The standard InChI is InChI=1S/C26H30N2O5S/c1-19(2)33-22-9-7-8-21(16-22)17-27-26(29)18-28(24-10-5-6-11-25(24)32-4)34(30,31)23-14-12-20(3)13-15-23/h5-16,19H,17-18H2,1-4H3,(H,27,29). The number of hydrogen-bond donors (Lipinski definition) is 1. The molecular weight excluding hydrogens is 452 g/mol. The molecule has 0 saturated heterocycles. The van der Waals surface area contributed by atoms with E-state index in [1.54, 1.807) is 36.4 Å². The van der Waals surface area contributed by atoms with Crippen molar-refractivity contribution in [2.24, 2.45) is 0 Å². The summed E-state index contributed by atoms with van der Waals surface area (Å²) in [5.74, 6) is 0.612. The van der Waals surface area contributed by atoms with E-state index in [4.69, 9.17) is 9.47 Å². The minimum absolute atomic E-state index is 0.0335. The number of amides is 1. The van der Waals surface area contributed by atoms with E-state index < -0.39 is 22.5 Å². The molecule has 0 fully saturated rings. The normalized spacial score (nSPS) is 11.2. The van der Waals surface area contributed by atoms with Crippen molar-refractivity contribution < 1.29 is 22.7 Å². The lowest BCUT2D eigenvalue weighted by atomic mass is 10.2. The summed E-state index contributed by atoms with van der Waals surface area (Å²) < 4.78 is 39.2. The summed E-state index contributed by atoms with van der Waals surface area (Å²) in [6.45, 7) is 5.59. The van der Waals surface area contributed by atoms with Crippen LogP contribution in [0, 0.1) is 6.92 Å². The lowest BCUT2D eigenvalue weighted by molar-refractivity contribution is -0.119. The minimum atomic E-state index is -4.03. The smallest absolute Gasteiger partial charge is 0.264 e. The monoisotopic (exact) mass is 482 g/mol. The van der Waals surface area contributed by atoms with Crippen LogP contribution in [-0.2, 0) is 21.4 Å². The Labute approximate surface area is 201 Å². The van der Waals surface area contributed by atoms with E-state index in [0.717, 1.165) is 15.4 Å². The maximum absolute atomic E-state index is 13.5. The van der Waals surface area contributed by atoms with Gasteiger partial charge in [0.25, 0.3) is 10.0 Å². The van der Waals surface area contributed by atoms with E-state index in [-0.39, 0.29) is 23.2 Å². The molecule has 1 N–H and O–H groups in total. The van der Waals surface area contributed by atoms with Crippen LogP contribution in [0.4, 0.5) is 5.69 Å². The van der Waals surface area contributed by atoms with Gasteiger partial charge in [0.2, 0.25) is 5.91 Å². The average Bonchev–Trinajstić information content (AvgIpc) is 2.81. The van der Waals surface area contributed by atoms with Gasteiger partial charge in [-0.1, -0.05) is 42.0 Å². The first-order valence-electron chi connectivity index (χ1n) is 11.0. The Balaban J connectivity index is 1.84. The summed E-state index contributed by atoms with van der Waals surface area (Å²) in [4.78, 5) is 13.0. The molecule has 3 rings (SSSR count). The van der Waals surface area contributed by atoms with Gasteiger partial charge in [0.1, 0.15) is 18.0 Å². The van der Waals surface area contributed by atoms with Crippen molar-refractivity contribution in [1.82, 2.24) is 5.32 Å². The van der Waals surface area contributed by atoms with Crippen molar-refractivity contribution in [3.05, 3.63) is 83.9 Å². The topological polar surface area (TPSA) is 84.9 Å². The predicted molar refractivity (Wildman–Crippen MR) is 133 cm³/mol. The molecule has 0 heterocycles. The van der Waals surface area contributed by atoms with Crippen molar-refractivity contribution >= 4 is 21.6 Å². The van der Waals surface area contributed by atoms with Gasteiger partial charge in [-0.05, 0) is 62.7 Å². The molecule has 0 aliphatic rings. The number of ether oxygens (including phenoxy) is 2. The van der Waals surface area contributed by atoms with Gasteiger partial charge in [-0.2, -0.15) is 0 Å². The first kappa shape index (κ1) is 25.1. The Morgan fingerprint density at radius 2 is 1.71 bits per heavy atom. The molecule has 3 aromatic carbocycles. The van der Waals surface area contributed by atoms with Crippen LogP contribution in [0.5, 0.6) is 11.5 Å². The Hall–Kier alpha value is -3.52. The average molecular weight is 483 g/mol. The number of benzene rings is 3. The number of rotatable bonds is 10. The van der Waals surface area contributed by atoms with Gasteiger partial charge >= 0.3 is 0 Å². The molecule has 7 nitrogen and oxygen atoms in total. The fourth-order valence-electron chi connectivity index (χ4n) is 3.36. The third-order valence-electron chi connectivity index (χ3n) is 5.01. The lowest BCUT2D eigenvalue weighted by Gasteiger charge is -2.25. The van der Waals surface area contributed by atoms with E-state index >= 15 is 0 Å². The Kier molecular flexibility index (Phi) is 8.17. The van der Waals surface area contributed by atoms with E-state index in [1.807, 2.05) is 45.0 Å². The zero-order valence-electron chi connectivity index (χ0n) is 19.8. The number of anilines is 1. The van der Waals surface area contributed by atoms with Crippen molar-refractivity contribution in [3.63, 3.8) is 0 Å². The summed E-state index contributed by atoms with van der Waals surface area (Å²) in [7, 11) is -2.57. The zero-order valence-corrected chi connectivity index (χ0v) is 20.6. The SMILES string of the molecule is COc1ccccc1N(CC(=O)NCc1cccc(OC(C)C)c1)S(=O)(=O)c1ccc(C)cc1. The van der Waals surface area contributed by atoms with Crippen LogP contribution in [0.15, 0.2) is 77.7 Å². The van der Waals surface area contributed by atoms with Crippen LogP contribution in [0.3, 0.4) is 0 Å². The second-order valence-electron chi connectivity index (χ2n) is 8.09. The minimum Gasteiger partial charge on any atom is -0.495 e. The highest BCUT2D eigenvalue weighted by Gasteiger charge is 2.29. The molecule has 0 aromatic heterocycles. The van der Waals surface area contributed by atoms with E-state index in [9.17, 15) is 13.2 Å². The molecule has 3 aromatic rings. The zero-order chi connectivity index (χ0) is 24.7. The van der Waals surface area contributed by atoms with Crippen molar-refractivity contribution in [2.45, 2.75) is 38.3 Å². The van der Waals surface area contributed by atoms with Gasteiger partial charge in [0, 0.05) is 6.54 Å². The van der Waals surface area contributed by atoms with E-state index in [2.05, 4.69) is 5.32 Å². The number of carbonyl (C=O) groups excluding carboxylic acids is 1. The van der Waals surface area contributed by atoms with Crippen LogP contribution < -0.4 is 19.1 Å². The number of nitrogens with zero attached hydrogens (tertiary/aromatic N) is 1. The molecule has 1 amide bonds. The molecule has 8 heteroatoms. The molecule has 0 spiro atoms. The molecule has 0 aliphatic carbocycles. The number of sulfonamides is 1. The molecule has 0 aliphatic heterocycles. The number of para-hydroxylation sites is 2. The molecule has 0 unspecified atom stereocenters. The lowest BCUT2D eigenvalue weighted by Crippen LogP contribution is -2.40. The molecule has 180 valence electrons. The molecular formula is C26H30N2O5S. The van der Waals surface area contributed by atoms with Crippen molar-refractivity contribution in [2.75, 3.05) is 18.0 Å². The Bertz CT molecular complexity index is 1220. The summed E-state index contributed by atoms with van der Waals surface area (Å²) in [5.41, 5.74) is 2.06. The summed E-state index contributed by atoms with van der Waals surface area (Å²) in [5, 5.41) is 2.81. The highest BCUT2D eigenvalue weighted by atomic mass is 32.2. The van der Waals surface area contributed by atoms with Gasteiger partial charge in [-0.25, -0.2) is 8.42 Å². The quantitative estimate of drug-likeness (QED) is 0.466. The second kappa shape index (κ2) is 11.1. The molecule has 0 saturated carbocycles. The van der Waals surface area contributed by atoms with E-state index in [1.165, 1.54) is 19.2 Å². The first-order chi connectivity index (χ1) is 16.2. The first-order valence-corrected chi connectivity index (χ1v) is 12.4. The van der Waals surface area contributed by atoms with Gasteiger partial charge < -0.3 is 14.8 Å². The van der Waals surface area contributed by atoms with Crippen LogP contribution in [0.2, 0.25) is 0 Å². The molecule has 0 radical (unpaired) electrons. The summed E-state index contributed by atoms with van der Waals surface area (Å²) in [6, 6.07) is 20.6. The van der Waals surface area contributed by atoms with Crippen LogP contribution in [0.25, 0.3) is 0 Å². The van der Waals surface area contributed by atoms with Crippen LogP contribution >= 0.6 is 0 Å². The largest absolute Gasteiger partial charge is 0.495 e. The number of nitrogens with one attached hydrogen (secondary N) is 1. The maximum Gasteiger partial charge on any atom is 0.264 e. The highest BCUT2D eigenvalue weighted by molar-refractivity contribution is 7.92. The van der Waals surface area contributed by atoms with Gasteiger partial charge in [-0.15, -0.1) is 0 Å². The van der Waals surface area contributed by atoms with Crippen LogP contribution in [-0.4, -0.2) is 34.1 Å². The fourth-order valence-corrected chi connectivity index (χ4v) is 4.79. The third kappa shape index (κ3) is 6.29. The maximum atomic E-state index is 13.5. The van der Waals surface area contributed by atoms with Gasteiger partial charge in [0.05, 0.1) is 23.8 Å². The summed E-state index contributed by atoms with van der Waals surface area (Å²) >= 11 is 0. The second-order valence-corrected chi connectivity index (χ2v) is 9.95. The number of carbonyl (C=O) groups is 1. The molecule has 34 heavy (non-hydrogen) atoms. The van der Waals surface area contributed by atoms with Gasteiger partial charge in [0.15, 0.2) is 0 Å². The Morgan fingerprint density at radius 3 is 2.38 bits per heavy atom. The predicted octanol–water partition coefficient (Wildman–Crippen LogP) is 4.30. The van der Waals surface area contributed by atoms with Gasteiger partial charge in [-0.3, -0.25) is 9.10 Å². The van der Waals surface area contributed by atoms with E-state index in [0.29, 0.717) is 11.5 Å². The number of hydrogen-bond acceptors (Lipinski definition) is 5. The Morgan fingerprint density at radius 1 is 1.00 bits per heavy atom. The number of aryl methyl sites for hydroxylation is 1. The third-order valence-corrected chi connectivity index (χ3v) is 6.78. The molecule has 0 atom stereocenters. The van der Waals surface area contributed by atoms with Crippen molar-refractivity contribution in [3.8, 4) is 11.5 Å². The highest BCUT2D eigenvalue weighted by Crippen LogP contribution is 2.32. The number of methoxy groups -OCH3 is 1. The summed E-state index contributed by atoms with van der Waals surface area (Å²) in [6.07, 6.45) is 0.0335. The van der Waals surface area contributed by atoms with Crippen LogP contribution in [0.1, 0.15) is 25.0 Å². The fraction of sp³-hybridized carbons (Fsp3) is 0.269.